The summed E-state index contributed by atoms with van der Waals surface area (Å²) in [7, 11) is 0. The zero-order valence-corrected chi connectivity index (χ0v) is 11.8. The lowest BCUT2D eigenvalue weighted by atomic mass is 9.80. The average Bonchev–Trinajstić information content (AvgIpc) is 2.45. The number of rotatable bonds is 2. The van der Waals surface area contributed by atoms with E-state index in [2.05, 4.69) is 0 Å². The van der Waals surface area contributed by atoms with Gasteiger partial charge in [-0.05, 0) is 36.5 Å². The van der Waals surface area contributed by atoms with Gasteiger partial charge >= 0.3 is 12.4 Å². The van der Waals surface area contributed by atoms with E-state index >= 15 is 0 Å². The summed E-state index contributed by atoms with van der Waals surface area (Å²) in [6, 6.07) is 0.829. The molecule has 0 unspecified atom stereocenters. The van der Waals surface area contributed by atoms with Crippen LogP contribution in [0.3, 0.4) is 0 Å². The minimum Gasteiger partial charge on any atom is -0.324 e. The zero-order valence-electron chi connectivity index (χ0n) is 11.8. The Balaban J connectivity index is 2.41. The van der Waals surface area contributed by atoms with Crippen molar-refractivity contribution >= 4 is 0 Å². The minimum atomic E-state index is -4.86. The number of halogens is 6. The molecule has 0 radical (unpaired) electrons. The van der Waals surface area contributed by atoms with Crippen LogP contribution < -0.4 is 5.73 Å². The summed E-state index contributed by atoms with van der Waals surface area (Å²) in [5, 5.41) is 0. The lowest BCUT2D eigenvalue weighted by Gasteiger charge is -2.29. The van der Waals surface area contributed by atoms with Crippen LogP contribution in [0.5, 0.6) is 0 Å². The van der Waals surface area contributed by atoms with Crippen molar-refractivity contribution < 1.29 is 26.3 Å². The lowest BCUT2D eigenvalue weighted by molar-refractivity contribution is -0.143. The van der Waals surface area contributed by atoms with Crippen LogP contribution in [0.1, 0.15) is 54.8 Å². The van der Waals surface area contributed by atoms with Crippen LogP contribution in [0.4, 0.5) is 26.3 Å². The molecule has 0 aromatic heterocycles. The molecule has 1 aliphatic rings. The molecule has 0 spiro atoms. The van der Waals surface area contributed by atoms with Gasteiger partial charge in [-0.25, -0.2) is 0 Å². The van der Waals surface area contributed by atoms with E-state index in [0.29, 0.717) is 18.9 Å². The van der Waals surface area contributed by atoms with Gasteiger partial charge in [-0.15, -0.1) is 0 Å². The van der Waals surface area contributed by atoms with E-state index < -0.39 is 29.5 Å². The third-order valence-electron chi connectivity index (χ3n) is 4.20. The maximum Gasteiger partial charge on any atom is 0.416 e. The Bertz CT molecular complexity index is 514. The molecule has 1 aromatic rings. The monoisotopic (exact) mass is 325 g/mol. The Morgan fingerprint density at radius 1 is 0.909 bits per heavy atom. The van der Waals surface area contributed by atoms with E-state index in [-0.39, 0.29) is 17.5 Å². The average molecular weight is 325 g/mol. The molecule has 7 heteroatoms. The topological polar surface area (TPSA) is 26.0 Å². The van der Waals surface area contributed by atoms with E-state index in [1.165, 1.54) is 0 Å². The highest BCUT2D eigenvalue weighted by atomic mass is 19.4. The fourth-order valence-electron chi connectivity index (χ4n) is 3.02. The van der Waals surface area contributed by atoms with Gasteiger partial charge in [0.05, 0.1) is 11.1 Å². The van der Waals surface area contributed by atoms with E-state index in [0.717, 1.165) is 25.3 Å². The van der Waals surface area contributed by atoms with Gasteiger partial charge in [-0.1, -0.05) is 25.3 Å². The smallest absolute Gasteiger partial charge is 0.324 e. The fraction of sp³-hybridized carbons (Fsp3) is 0.600. The Morgan fingerprint density at radius 2 is 1.50 bits per heavy atom. The van der Waals surface area contributed by atoms with Crippen molar-refractivity contribution in [3.05, 3.63) is 34.9 Å². The van der Waals surface area contributed by atoms with Crippen LogP contribution in [0.2, 0.25) is 0 Å². The van der Waals surface area contributed by atoms with Crippen LogP contribution in [-0.2, 0) is 12.4 Å². The maximum absolute atomic E-state index is 13.1. The fourth-order valence-corrected chi connectivity index (χ4v) is 3.02. The minimum absolute atomic E-state index is 0.119. The van der Waals surface area contributed by atoms with Crippen molar-refractivity contribution in [1.29, 1.82) is 0 Å². The molecule has 1 nitrogen and oxygen atoms in total. The normalized spacial score (nSPS) is 19.2. The van der Waals surface area contributed by atoms with Crippen molar-refractivity contribution in [3.8, 4) is 0 Å². The molecule has 0 saturated heterocycles. The highest BCUT2D eigenvalue weighted by Crippen LogP contribution is 2.42. The van der Waals surface area contributed by atoms with Gasteiger partial charge in [-0.2, -0.15) is 26.3 Å². The number of hydrogen-bond acceptors (Lipinski definition) is 1. The third-order valence-corrected chi connectivity index (χ3v) is 4.20. The zero-order chi connectivity index (χ0) is 16.5. The molecule has 1 aromatic carbocycles. The first-order valence-corrected chi connectivity index (χ1v) is 7.14. The first-order valence-electron chi connectivity index (χ1n) is 7.14. The molecule has 0 heterocycles. The predicted molar refractivity (Wildman–Crippen MR) is 69.9 cm³/mol. The van der Waals surface area contributed by atoms with Gasteiger partial charge in [0.25, 0.3) is 0 Å². The van der Waals surface area contributed by atoms with E-state index in [1.807, 2.05) is 0 Å². The molecule has 1 atom stereocenters. The van der Waals surface area contributed by atoms with E-state index in [9.17, 15) is 26.3 Å². The van der Waals surface area contributed by atoms with Gasteiger partial charge in [0.1, 0.15) is 0 Å². The Hall–Kier alpha value is -1.24. The van der Waals surface area contributed by atoms with Crippen LogP contribution in [0, 0.1) is 5.92 Å². The summed E-state index contributed by atoms with van der Waals surface area (Å²) in [5.41, 5.74) is 3.12. The van der Waals surface area contributed by atoms with Crippen molar-refractivity contribution in [2.24, 2.45) is 11.7 Å². The Morgan fingerprint density at radius 3 is 2.00 bits per heavy atom. The van der Waals surface area contributed by atoms with Gasteiger partial charge in [-0.3, -0.25) is 0 Å². The highest BCUT2D eigenvalue weighted by molar-refractivity contribution is 5.37. The molecule has 0 amide bonds. The highest BCUT2D eigenvalue weighted by Gasteiger charge is 2.40. The molecule has 1 aliphatic carbocycles. The summed E-state index contributed by atoms with van der Waals surface area (Å²) in [4.78, 5) is 0. The van der Waals surface area contributed by atoms with Crippen molar-refractivity contribution in [1.82, 2.24) is 0 Å². The van der Waals surface area contributed by atoms with E-state index in [1.54, 1.807) is 0 Å². The number of alkyl halides is 6. The van der Waals surface area contributed by atoms with Crippen LogP contribution in [0.25, 0.3) is 0 Å². The molecule has 0 bridgehead atoms. The predicted octanol–water partition coefficient (Wildman–Crippen LogP) is 5.30. The summed E-state index contributed by atoms with van der Waals surface area (Å²) in [6.45, 7) is 0. The van der Waals surface area contributed by atoms with E-state index in [4.69, 9.17) is 5.73 Å². The second-order valence-corrected chi connectivity index (χ2v) is 5.72. The molecule has 2 rings (SSSR count). The Labute approximate surface area is 124 Å². The quantitative estimate of drug-likeness (QED) is 0.733. The second-order valence-electron chi connectivity index (χ2n) is 5.72. The standard InChI is InChI=1S/C15H17F6N/c16-14(17,18)10-6-7-11(12(8-10)15(19,20)21)13(22)9-4-2-1-3-5-9/h6-9,13H,1-5,22H2/t13-/m0/s1. The molecule has 0 aliphatic heterocycles. The molecule has 1 fully saturated rings. The van der Waals surface area contributed by atoms with Crippen molar-refractivity contribution in [2.45, 2.75) is 50.5 Å². The summed E-state index contributed by atoms with van der Waals surface area (Å²) in [6.07, 6.45) is -5.46. The molecule has 124 valence electrons. The molecule has 22 heavy (non-hydrogen) atoms. The third kappa shape index (κ3) is 3.74. The summed E-state index contributed by atoms with van der Waals surface area (Å²) < 4.78 is 77.3. The first-order chi connectivity index (χ1) is 10.1. The number of benzene rings is 1. The molecule has 1 saturated carbocycles. The molecular weight excluding hydrogens is 308 g/mol. The number of hydrogen-bond donors (Lipinski definition) is 1. The van der Waals surface area contributed by atoms with Gasteiger partial charge in [0, 0.05) is 6.04 Å². The lowest BCUT2D eigenvalue weighted by Crippen LogP contribution is -2.26. The first kappa shape index (κ1) is 17.1. The van der Waals surface area contributed by atoms with Crippen LogP contribution in [0.15, 0.2) is 18.2 Å². The van der Waals surface area contributed by atoms with Crippen molar-refractivity contribution in [3.63, 3.8) is 0 Å². The second kappa shape index (κ2) is 6.10. The number of nitrogens with two attached hydrogens (primary N) is 1. The molecule has 2 N–H and O–H groups in total. The summed E-state index contributed by atoms with van der Waals surface area (Å²) >= 11 is 0. The largest absolute Gasteiger partial charge is 0.416 e. The van der Waals surface area contributed by atoms with Gasteiger partial charge in [0.15, 0.2) is 0 Å². The SMILES string of the molecule is N[C@H](c1ccc(C(F)(F)F)cc1C(F)(F)F)C1CCCCC1. The maximum atomic E-state index is 13.1. The van der Waals surface area contributed by atoms with Crippen LogP contribution >= 0.6 is 0 Å². The Kier molecular flexibility index (Phi) is 4.75. The van der Waals surface area contributed by atoms with Gasteiger partial charge < -0.3 is 5.73 Å². The molecular formula is C15H17F6N. The van der Waals surface area contributed by atoms with Gasteiger partial charge in [0.2, 0.25) is 0 Å². The summed E-state index contributed by atoms with van der Waals surface area (Å²) in [5.74, 6) is -0.119. The van der Waals surface area contributed by atoms with Crippen molar-refractivity contribution in [2.75, 3.05) is 0 Å². The van der Waals surface area contributed by atoms with Crippen LogP contribution in [-0.4, -0.2) is 0 Å².